The molecule has 0 bridgehead atoms. The summed E-state index contributed by atoms with van der Waals surface area (Å²) >= 11 is 3.21. The van der Waals surface area contributed by atoms with Gasteiger partial charge in [0.05, 0.1) is 6.54 Å². The van der Waals surface area contributed by atoms with Crippen LogP contribution in [0.3, 0.4) is 0 Å². The van der Waals surface area contributed by atoms with E-state index in [2.05, 4.69) is 26.1 Å². The van der Waals surface area contributed by atoms with E-state index in [0.29, 0.717) is 16.8 Å². The lowest BCUT2D eigenvalue weighted by molar-refractivity contribution is 0.144. The van der Waals surface area contributed by atoms with E-state index in [1.54, 1.807) is 14.0 Å². The summed E-state index contributed by atoms with van der Waals surface area (Å²) < 4.78 is 0.583. The minimum absolute atomic E-state index is 0.250. The van der Waals surface area contributed by atoms with Crippen LogP contribution in [0.4, 0.5) is 4.79 Å². The predicted octanol–water partition coefficient (Wildman–Crippen LogP) is 1.08. The van der Waals surface area contributed by atoms with Crippen molar-refractivity contribution < 1.29 is 9.90 Å². The fourth-order valence-corrected chi connectivity index (χ4v) is 1.45. The molecule has 1 heterocycles. The molecule has 0 saturated carbocycles. The van der Waals surface area contributed by atoms with Crippen molar-refractivity contribution in [3.8, 4) is 0 Å². The van der Waals surface area contributed by atoms with E-state index in [0.717, 1.165) is 0 Å². The fraction of sp³-hybridized carbons (Fsp3) is 0.571. The Balaban J connectivity index is 2.76. The van der Waals surface area contributed by atoms with Crippen LogP contribution < -0.4 is 0 Å². The Bertz CT molecular complexity index is 338. The highest BCUT2D eigenvalue weighted by Gasteiger charge is 2.14. The SMILES string of the molecule is CCN(Cc1nn(C)nc1Br)C(=O)O. The standard InChI is InChI=1S/C7H11BrN4O2/c1-3-12(7(13)14)4-5-6(8)10-11(2)9-5/h3-4H2,1-2H3,(H,13,14). The van der Waals surface area contributed by atoms with Crippen LogP contribution in [-0.4, -0.2) is 37.6 Å². The number of hydrogen-bond donors (Lipinski definition) is 1. The molecule has 1 amide bonds. The van der Waals surface area contributed by atoms with Gasteiger partial charge < -0.3 is 10.0 Å². The molecule has 0 atom stereocenters. The first-order valence-corrected chi connectivity index (χ1v) is 4.87. The number of aromatic nitrogens is 3. The van der Waals surface area contributed by atoms with Gasteiger partial charge in [-0.3, -0.25) is 0 Å². The molecule has 14 heavy (non-hydrogen) atoms. The average Bonchev–Trinajstić information content (AvgIpc) is 2.40. The molecule has 0 fully saturated rings. The van der Waals surface area contributed by atoms with E-state index < -0.39 is 6.09 Å². The number of carbonyl (C=O) groups is 1. The van der Waals surface area contributed by atoms with E-state index in [1.165, 1.54) is 9.70 Å². The van der Waals surface area contributed by atoms with Crippen LogP contribution >= 0.6 is 15.9 Å². The van der Waals surface area contributed by atoms with Gasteiger partial charge in [0.2, 0.25) is 0 Å². The zero-order valence-corrected chi connectivity index (χ0v) is 9.52. The normalized spacial score (nSPS) is 10.2. The zero-order valence-electron chi connectivity index (χ0n) is 7.94. The van der Waals surface area contributed by atoms with Gasteiger partial charge >= 0.3 is 6.09 Å². The maximum Gasteiger partial charge on any atom is 0.407 e. The molecule has 0 spiro atoms. The van der Waals surface area contributed by atoms with Gasteiger partial charge in [-0.1, -0.05) is 0 Å². The molecule has 1 aromatic rings. The largest absolute Gasteiger partial charge is 0.465 e. The number of nitrogens with zero attached hydrogens (tertiary/aromatic N) is 4. The van der Waals surface area contributed by atoms with Crippen LogP contribution in [0.5, 0.6) is 0 Å². The molecule has 0 saturated heterocycles. The number of halogens is 1. The Hall–Kier alpha value is -1.11. The molecule has 7 heteroatoms. The molecule has 0 aliphatic carbocycles. The molecule has 0 aliphatic heterocycles. The number of carboxylic acid groups (broad SMARTS) is 1. The third kappa shape index (κ3) is 2.44. The van der Waals surface area contributed by atoms with Gasteiger partial charge in [0, 0.05) is 13.6 Å². The van der Waals surface area contributed by atoms with Gasteiger partial charge in [-0.25, -0.2) is 4.79 Å². The first-order chi connectivity index (χ1) is 6.54. The van der Waals surface area contributed by atoms with Crippen molar-refractivity contribution in [3.05, 3.63) is 10.3 Å². The molecule has 0 aromatic carbocycles. The summed E-state index contributed by atoms with van der Waals surface area (Å²) in [6.07, 6.45) is -0.954. The van der Waals surface area contributed by atoms with Crippen LogP contribution in [0.15, 0.2) is 4.60 Å². The van der Waals surface area contributed by atoms with Gasteiger partial charge in [-0.05, 0) is 22.9 Å². The molecule has 0 unspecified atom stereocenters. The Morgan fingerprint density at radius 1 is 1.64 bits per heavy atom. The summed E-state index contributed by atoms with van der Waals surface area (Å²) in [6, 6.07) is 0. The van der Waals surface area contributed by atoms with Gasteiger partial charge in [0.1, 0.15) is 5.69 Å². The van der Waals surface area contributed by atoms with Gasteiger partial charge in [0.15, 0.2) is 4.60 Å². The molecule has 1 aromatic heterocycles. The van der Waals surface area contributed by atoms with Gasteiger partial charge in [-0.15, -0.1) is 5.10 Å². The second-order valence-electron chi connectivity index (χ2n) is 2.72. The molecule has 0 radical (unpaired) electrons. The fourth-order valence-electron chi connectivity index (χ4n) is 1.02. The summed E-state index contributed by atoms with van der Waals surface area (Å²) in [6.45, 7) is 2.46. The zero-order chi connectivity index (χ0) is 10.7. The third-order valence-electron chi connectivity index (χ3n) is 1.73. The van der Waals surface area contributed by atoms with Crippen molar-refractivity contribution >= 4 is 22.0 Å². The van der Waals surface area contributed by atoms with E-state index in [1.807, 2.05) is 0 Å². The van der Waals surface area contributed by atoms with Crippen LogP contribution in [-0.2, 0) is 13.6 Å². The van der Waals surface area contributed by atoms with Crippen LogP contribution in [0.1, 0.15) is 12.6 Å². The van der Waals surface area contributed by atoms with E-state index in [4.69, 9.17) is 5.11 Å². The summed E-state index contributed by atoms with van der Waals surface area (Å²) in [7, 11) is 1.69. The first kappa shape index (κ1) is 11.0. The highest BCUT2D eigenvalue weighted by Crippen LogP contribution is 2.12. The van der Waals surface area contributed by atoms with Crippen molar-refractivity contribution in [2.75, 3.05) is 6.54 Å². The topological polar surface area (TPSA) is 71.2 Å². The van der Waals surface area contributed by atoms with E-state index in [9.17, 15) is 4.79 Å². The maximum absolute atomic E-state index is 10.7. The lowest BCUT2D eigenvalue weighted by Crippen LogP contribution is -2.28. The molecule has 1 N–H and O–H groups in total. The molecule has 1 rings (SSSR count). The molecular weight excluding hydrogens is 252 g/mol. The highest BCUT2D eigenvalue weighted by atomic mass is 79.9. The summed E-state index contributed by atoms with van der Waals surface area (Å²) in [5.41, 5.74) is 0.622. The smallest absolute Gasteiger partial charge is 0.407 e. The molecule has 6 nitrogen and oxygen atoms in total. The predicted molar refractivity (Wildman–Crippen MR) is 52.8 cm³/mol. The molecular formula is C7H11BrN4O2. The van der Waals surface area contributed by atoms with Crippen molar-refractivity contribution in [3.63, 3.8) is 0 Å². The highest BCUT2D eigenvalue weighted by molar-refractivity contribution is 9.10. The lowest BCUT2D eigenvalue weighted by atomic mass is 10.4. The number of amides is 1. The van der Waals surface area contributed by atoms with Crippen molar-refractivity contribution in [1.29, 1.82) is 0 Å². The average molecular weight is 263 g/mol. The van der Waals surface area contributed by atoms with Crippen LogP contribution in [0.2, 0.25) is 0 Å². The van der Waals surface area contributed by atoms with Crippen LogP contribution in [0, 0.1) is 0 Å². The Kier molecular flexibility index (Phi) is 3.45. The first-order valence-electron chi connectivity index (χ1n) is 4.08. The van der Waals surface area contributed by atoms with E-state index >= 15 is 0 Å². The number of rotatable bonds is 3. The van der Waals surface area contributed by atoms with Crippen molar-refractivity contribution in [2.45, 2.75) is 13.5 Å². The van der Waals surface area contributed by atoms with E-state index in [-0.39, 0.29) is 6.54 Å². The maximum atomic E-state index is 10.7. The number of aryl methyl sites for hydroxylation is 1. The quantitative estimate of drug-likeness (QED) is 0.885. The molecule has 0 aliphatic rings. The summed E-state index contributed by atoms with van der Waals surface area (Å²) in [5.74, 6) is 0. The van der Waals surface area contributed by atoms with Gasteiger partial charge in [-0.2, -0.15) is 9.90 Å². The Morgan fingerprint density at radius 2 is 2.29 bits per heavy atom. The Labute approximate surface area is 89.6 Å². The minimum atomic E-state index is -0.954. The monoisotopic (exact) mass is 262 g/mol. The van der Waals surface area contributed by atoms with Crippen molar-refractivity contribution in [2.24, 2.45) is 7.05 Å². The Morgan fingerprint density at radius 3 is 2.64 bits per heavy atom. The van der Waals surface area contributed by atoms with Crippen molar-refractivity contribution in [1.82, 2.24) is 19.9 Å². The summed E-state index contributed by atoms with van der Waals surface area (Å²) in [4.78, 5) is 13.4. The van der Waals surface area contributed by atoms with Crippen LogP contribution in [0.25, 0.3) is 0 Å². The summed E-state index contributed by atoms with van der Waals surface area (Å²) in [5, 5.41) is 16.8. The second-order valence-corrected chi connectivity index (χ2v) is 3.47. The van der Waals surface area contributed by atoms with Gasteiger partial charge in [0.25, 0.3) is 0 Å². The molecule has 78 valence electrons. The minimum Gasteiger partial charge on any atom is -0.465 e. The lowest BCUT2D eigenvalue weighted by Gasteiger charge is -2.14. The number of hydrogen-bond acceptors (Lipinski definition) is 3. The second kappa shape index (κ2) is 4.41. The third-order valence-corrected chi connectivity index (χ3v) is 2.35.